The quantitative estimate of drug-likeness (QED) is 0.495. The summed E-state index contributed by atoms with van der Waals surface area (Å²) in [7, 11) is 0. The minimum Gasteiger partial charge on any atom is -0.507 e. The topological polar surface area (TPSA) is 84.1 Å². The average Bonchev–Trinajstić information content (AvgIpc) is 2.71. The lowest BCUT2D eigenvalue weighted by Crippen LogP contribution is -2.28. The number of nitrogens with two attached hydrogens (primary N) is 1. The number of phenols is 1. The van der Waals surface area contributed by atoms with Crippen LogP contribution in [-0.4, -0.2) is 27.7 Å². The normalized spacial score (nSPS) is 12.4. The molecule has 0 saturated carbocycles. The van der Waals surface area contributed by atoms with Gasteiger partial charge in [-0.05, 0) is 35.4 Å². The number of anilines is 1. The summed E-state index contributed by atoms with van der Waals surface area (Å²) in [6.45, 7) is 2.68. The van der Waals surface area contributed by atoms with E-state index in [-0.39, 0.29) is 11.8 Å². The third-order valence-electron chi connectivity index (χ3n) is 4.79. The maximum Gasteiger partial charge on any atom is 0.166 e. The zero-order chi connectivity index (χ0) is 18.8. The molecule has 4 aromatic rings. The molecular weight excluding hydrogens is 336 g/mol. The van der Waals surface area contributed by atoms with Gasteiger partial charge in [-0.1, -0.05) is 49.4 Å². The van der Waals surface area contributed by atoms with Gasteiger partial charge in [-0.15, -0.1) is 0 Å². The average molecular weight is 358 g/mol. The van der Waals surface area contributed by atoms with Gasteiger partial charge >= 0.3 is 0 Å². The van der Waals surface area contributed by atoms with E-state index in [0.717, 1.165) is 33.9 Å². The molecule has 4 rings (SSSR count). The van der Waals surface area contributed by atoms with Gasteiger partial charge in [0.15, 0.2) is 5.82 Å². The van der Waals surface area contributed by atoms with Crippen LogP contribution in [0.3, 0.4) is 0 Å². The van der Waals surface area contributed by atoms with Crippen LogP contribution in [0, 0.1) is 0 Å². The maximum atomic E-state index is 10.6. The minimum atomic E-state index is 0.0492. The highest BCUT2D eigenvalue weighted by atomic mass is 16.3. The van der Waals surface area contributed by atoms with E-state index in [0.29, 0.717) is 17.9 Å². The molecule has 0 spiro atoms. The standard InChI is InChI=1S/C22H22N4O/c1-2-15(23)13-24-21-17-9-5-6-10-18(17)25-22(26-21)20-16-8-4-3-7-14(16)11-12-19(20)27/h3-12,15,27H,2,13,23H2,1H3,(H,24,25,26)/t15-/m1/s1. The van der Waals surface area contributed by atoms with Crippen molar-refractivity contribution >= 4 is 27.5 Å². The Balaban J connectivity index is 1.92. The van der Waals surface area contributed by atoms with E-state index in [1.165, 1.54) is 0 Å². The number of hydrogen-bond acceptors (Lipinski definition) is 5. The van der Waals surface area contributed by atoms with Crippen LogP contribution in [0.15, 0.2) is 60.7 Å². The van der Waals surface area contributed by atoms with Gasteiger partial charge in [-0.3, -0.25) is 0 Å². The van der Waals surface area contributed by atoms with Crippen LogP contribution in [0.5, 0.6) is 5.75 Å². The van der Waals surface area contributed by atoms with Crippen LogP contribution in [0.1, 0.15) is 13.3 Å². The van der Waals surface area contributed by atoms with Crippen molar-refractivity contribution in [1.82, 2.24) is 9.97 Å². The third-order valence-corrected chi connectivity index (χ3v) is 4.79. The van der Waals surface area contributed by atoms with Crippen LogP contribution in [0.4, 0.5) is 5.82 Å². The smallest absolute Gasteiger partial charge is 0.166 e. The van der Waals surface area contributed by atoms with Gasteiger partial charge in [0.05, 0.1) is 11.1 Å². The Kier molecular flexibility index (Phi) is 4.60. The van der Waals surface area contributed by atoms with E-state index in [1.54, 1.807) is 6.07 Å². The van der Waals surface area contributed by atoms with Crippen LogP contribution >= 0.6 is 0 Å². The first-order chi connectivity index (χ1) is 13.2. The van der Waals surface area contributed by atoms with Crippen molar-refractivity contribution in [3.8, 4) is 17.1 Å². The number of rotatable bonds is 5. The first-order valence-electron chi connectivity index (χ1n) is 9.14. The lowest BCUT2D eigenvalue weighted by molar-refractivity contribution is 0.477. The Morgan fingerprint density at radius 2 is 1.70 bits per heavy atom. The summed E-state index contributed by atoms with van der Waals surface area (Å²) in [5, 5.41) is 16.8. The van der Waals surface area contributed by atoms with Gasteiger partial charge in [0.1, 0.15) is 11.6 Å². The van der Waals surface area contributed by atoms with Gasteiger partial charge in [0.25, 0.3) is 0 Å². The van der Waals surface area contributed by atoms with Crippen LogP contribution in [-0.2, 0) is 0 Å². The number of phenolic OH excluding ortho intramolecular Hbond substituents is 1. The third kappa shape index (κ3) is 3.29. The van der Waals surface area contributed by atoms with Gasteiger partial charge in [0.2, 0.25) is 0 Å². The second-order valence-electron chi connectivity index (χ2n) is 6.64. The SMILES string of the molecule is CC[C@@H](N)CNc1nc(-c2c(O)ccc3ccccc23)nc2ccccc12. The molecule has 5 heteroatoms. The highest BCUT2D eigenvalue weighted by molar-refractivity contribution is 6.00. The number of aromatic nitrogens is 2. The molecule has 27 heavy (non-hydrogen) atoms. The molecule has 3 aromatic carbocycles. The highest BCUT2D eigenvalue weighted by Gasteiger charge is 2.15. The number of benzene rings is 3. The summed E-state index contributed by atoms with van der Waals surface area (Å²) in [6, 6.07) is 19.4. The van der Waals surface area contributed by atoms with Crippen molar-refractivity contribution in [2.45, 2.75) is 19.4 Å². The van der Waals surface area contributed by atoms with Crippen molar-refractivity contribution in [3.05, 3.63) is 60.7 Å². The molecule has 0 saturated heterocycles. The van der Waals surface area contributed by atoms with E-state index in [1.807, 2.05) is 54.6 Å². The van der Waals surface area contributed by atoms with Crippen LogP contribution in [0.25, 0.3) is 33.1 Å². The van der Waals surface area contributed by atoms with Crippen molar-refractivity contribution in [1.29, 1.82) is 0 Å². The molecule has 1 heterocycles. The Labute approximate surface area is 157 Å². The molecule has 0 aliphatic heterocycles. The fourth-order valence-electron chi connectivity index (χ4n) is 3.19. The van der Waals surface area contributed by atoms with Gasteiger partial charge in [-0.25, -0.2) is 9.97 Å². The number of aromatic hydroxyl groups is 1. The molecule has 136 valence electrons. The zero-order valence-corrected chi connectivity index (χ0v) is 15.2. The first-order valence-corrected chi connectivity index (χ1v) is 9.14. The lowest BCUT2D eigenvalue weighted by atomic mass is 10.0. The summed E-state index contributed by atoms with van der Waals surface area (Å²) < 4.78 is 0. The number of para-hydroxylation sites is 1. The second kappa shape index (κ2) is 7.21. The van der Waals surface area contributed by atoms with E-state index < -0.39 is 0 Å². The Morgan fingerprint density at radius 1 is 0.963 bits per heavy atom. The van der Waals surface area contributed by atoms with Crippen LogP contribution < -0.4 is 11.1 Å². The highest BCUT2D eigenvalue weighted by Crippen LogP contribution is 2.36. The molecule has 0 aliphatic rings. The summed E-state index contributed by atoms with van der Waals surface area (Å²) in [6.07, 6.45) is 0.882. The van der Waals surface area contributed by atoms with Gasteiger partial charge in [-0.2, -0.15) is 0 Å². The van der Waals surface area contributed by atoms with Crippen molar-refractivity contribution in [3.63, 3.8) is 0 Å². The fourth-order valence-corrected chi connectivity index (χ4v) is 3.19. The van der Waals surface area contributed by atoms with Gasteiger partial charge < -0.3 is 16.2 Å². The number of fused-ring (bicyclic) bond motifs is 2. The largest absolute Gasteiger partial charge is 0.507 e. The Bertz CT molecular complexity index is 1110. The summed E-state index contributed by atoms with van der Waals surface area (Å²) in [4.78, 5) is 9.47. The van der Waals surface area contributed by atoms with Crippen molar-refractivity contribution < 1.29 is 5.11 Å². The Morgan fingerprint density at radius 3 is 2.52 bits per heavy atom. The summed E-state index contributed by atoms with van der Waals surface area (Å²) in [5.41, 5.74) is 7.53. The van der Waals surface area contributed by atoms with E-state index in [2.05, 4.69) is 12.2 Å². The summed E-state index contributed by atoms with van der Waals surface area (Å²) >= 11 is 0. The molecule has 5 nitrogen and oxygen atoms in total. The summed E-state index contributed by atoms with van der Waals surface area (Å²) in [5.74, 6) is 1.39. The second-order valence-corrected chi connectivity index (χ2v) is 6.64. The minimum absolute atomic E-state index is 0.0492. The first kappa shape index (κ1) is 17.2. The molecule has 0 amide bonds. The molecule has 0 radical (unpaired) electrons. The predicted octanol–water partition coefficient (Wildman–Crippen LogP) is 4.30. The van der Waals surface area contributed by atoms with E-state index in [9.17, 15) is 5.11 Å². The Hall–Kier alpha value is -3.18. The lowest BCUT2D eigenvalue weighted by Gasteiger charge is -2.15. The molecule has 0 fully saturated rings. The van der Waals surface area contributed by atoms with Crippen molar-refractivity contribution in [2.24, 2.45) is 5.73 Å². The predicted molar refractivity (Wildman–Crippen MR) is 111 cm³/mol. The van der Waals surface area contributed by atoms with Crippen molar-refractivity contribution in [2.75, 3.05) is 11.9 Å². The van der Waals surface area contributed by atoms with E-state index >= 15 is 0 Å². The molecular formula is C22H22N4O. The van der Waals surface area contributed by atoms with Crippen LogP contribution in [0.2, 0.25) is 0 Å². The zero-order valence-electron chi connectivity index (χ0n) is 15.2. The number of nitrogens with one attached hydrogen (secondary N) is 1. The molecule has 0 aliphatic carbocycles. The molecule has 1 aromatic heterocycles. The van der Waals surface area contributed by atoms with Gasteiger partial charge in [0, 0.05) is 18.0 Å². The molecule has 0 unspecified atom stereocenters. The molecule has 0 bridgehead atoms. The fraction of sp³-hybridized carbons (Fsp3) is 0.182. The number of hydrogen-bond donors (Lipinski definition) is 3. The van der Waals surface area contributed by atoms with E-state index in [4.69, 9.17) is 15.7 Å². The molecule has 4 N–H and O–H groups in total. The monoisotopic (exact) mass is 358 g/mol. The molecule has 1 atom stereocenters. The maximum absolute atomic E-state index is 10.6. The number of nitrogens with zero attached hydrogens (tertiary/aromatic N) is 2.